The van der Waals surface area contributed by atoms with Crippen LogP contribution in [0.2, 0.25) is 0 Å². The second kappa shape index (κ2) is 7.12. The monoisotopic (exact) mass is 412 g/mol. The lowest BCUT2D eigenvalue weighted by Crippen LogP contribution is -2.09. The molecule has 0 radical (unpaired) electrons. The van der Waals surface area contributed by atoms with Crippen LogP contribution < -0.4 is 5.32 Å². The van der Waals surface area contributed by atoms with Crippen LogP contribution in [0.3, 0.4) is 0 Å². The van der Waals surface area contributed by atoms with E-state index in [1.807, 2.05) is 22.6 Å². The number of carbonyl (C=O) groups is 1. The van der Waals surface area contributed by atoms with Gasteiger partial charge in [-0.1, -0.05) is 12.1 Å². The lowest BCUT2D eigenvalue weighted by molar-refractivity contribution is -0.384. The number of nitro groups is 1. The Labute approximate surface area is 139 Å². The van der Waals surface area contributed by atoms with Gasteiger partial charge in [-0.2, -0.15) is 0 Å². The SMILES string of the molecule is O=C(/C=C/c1cccc([N+](=O)[O-])c1)Nc1ccc(I)cc1F. The fourth-order valence-electron chi connectivity index (χ4n) is 1.68. The molecular formula is C15H10FIN2O3. The maximum atomic E-state index is 13.6. The lowest BCUT2D eigenvalue weighted by atomic mass is 10.2. The summed E-state index contributed by atoms with van der Waals surface area (Å²) in [7, 11) is 0. The predicted molar refractivity (Wildman–Crippen MR) is 89.9 cm³/mol. The van der Waals surface area contributed by atoms with Gasteiger partial charge in [-0.15, -0.1) is 0 Å². The van der Waals surface area contributed by atoms with Crippen LogP contribution in [0.5, 0.6) is 0 Å². The molecule has 0 atom stereocenters. The van der Waals surface area contributed by atoms with Gasteiger partial charge in [0.05, 0.1) is 10.6 Å². The molecule has 5 nitrogen and oxygen atoms in total. The number of anilines is 1. The van der Waals surface area contributed by atoms with Crippen molar-refractivity contribution in [2.75, 3.05) is 5.32 Å². The molecule has 112 valence electrons. The van der Waals surface area contributed by atoms with E-state index in [1.54, 1.807) is 12.1 Å². The van der Waals surface area contributed by atoms with Crippen LogP contribution in [0.4, 0.5) is 15.8 Å². The Morgan fingerprint density at radius 1 is 1.27 bits per heavy atom. The van der Waals surface area contributed by atoms with Crippen molar-refractivity contribution in [2.24, 2.45) is 0 Å². The van der Waals surface area contributed by atoms with Crippen molar-refractivity contribution in [2.45, 2.75) is 0 Å². The van der Waals surface area contributed by atoms with Crippen molar-refractivity contribution in [3.63, 3.8) is 0 Å². The normalized spacial score (nSPS) is 10.6. The van der Waals surface area contributed by atoms with Gasteiger partial charge in [0.25, 0.3) is 5.69 Å². The van der Waals surface area contributed by atoms with E-state index in [1.165, 1.54) is 42.5 Å². The molecular weight excluding hydrogens is 402 g/mol. The van der Waals surface area contributed by atoms with E-state index in [9.17, 15) is 19.3 Å². The Morgan fingerprint density at radius 3 is 2.73 bits per heavy atom. The summed E-state index contributed by atoms with van der Waals surface area (Å²) in [6, 6.07) is 10.3. The first-order valence-electron chi connectivity index (χ1n) is 6.14. The minimum Gasteiger partial charge on any atom is -0.320 e. The third kappa shape index (κ3) is 4.35. The van der Waals surface area contributed by atoms with Gasteiger partial charge >= 0.3 is 0 Å². The summed E-state index contributed by atoms with van der Waals surface area (Å²) in [4.78, 5) is 21.9. The summed E-state index contributed by atoms with van der Waals surface area (Å²) < 4.78 is 14.3. The largest absolute Gasteiger partial charge is 0.320 e. The minimum absolute atomic E-state index is 0.0637. The standard InChI is InChI=1S/C15H10FIN2O3/c16-13-9-11(17)5-6-14(13)18-15(20)7-4-10-2-1-3-12(8-10)19(21)22/h1-9H,(H,18,20)/b7-4+. The van der Waals surface area contributed by atoms with E-state index >= 15 is 0 Å². The quantitative estimate of drug-likeness (QED) is 0.357. The molecule has 1 N–H and O–H groups in total. The highest BCUT2D eigenvalue weighted by Crippen LogP contribution is 2.17. The summed E-state index contributed by atoms with van der Waals surface area (Å²) >= 11 is 1.97. The van der Waals surface area contributed by atoms with Gasteiger partial charge in [0.15, 0.2) is 0 Å². The van der Waals surface area contributed by atoms with Crippen molar-refractivity contribution < 1.29 is 14.1 Å². The minimum atomic E-state index is -0.524. The number of amides is 1. The molecule has 0 aliphatic carbocycles. The Morgan fingerprint density at radius 2 is 2.05 bits per heavy atom. The average Bonchev–Trinajstić information content (AvgIpc) is 2.48. The van der Waals surface area contributed by atoms with Crippen LogP contribution in [-0.4, -0.2) is 10.8 Å². The maximum absolute atomic E-state index is 13.6. The highest BCUT2D eigenvalue weighted by Gasteiger charge is 2.06. The number of benzene rings is 2. The fraction of sp³-hybridized carbons (Fsp3) is 0. The van der Waals surface area contributed by atoms with Crippen LogP contribution in [0, 0.1) is 19.5 Å². The molecule has 2 aromatic carbocycles. The number of rotatable bonds is 4. The van der Waals surface area contributed by atoms with E-state index < -0.39 is 16.6 Å². The summed E-state index contributed by atoms with van der Waals surface area (Å²) in [5, 5.41) is 13.1. The first-order chi connectivity index (χ1) is 10.5. The molecule has 0 aliphatic heterocycles. The zero-order valence-electron chi connectivity index (χ0n) is 11.1. The van der Waals surface area contributed by atoms with Gasteiger partial charge < -0.3 is 5.32 Å². The third-order valence-electron chi connectivity index (χ3n) is 2.70. The summed E-state index contributed by atoms with van der Waals surface area (Å²) in [5.41, 5.74) is 0.521. The number of hydrogen-bond acceptors (Lipinski definition) is 3. The van der Waals surface area contributed by atoms with Crippen LogP contribution in [0.15, 0.2) is 48.5 Å². The molecule has 0 bridgehead atoms. The van der Waals surface area contributed by atoms with E-state index in [0.717, 1.165) is 3.57 Å². The number of hydrogen-bond donors (Lipinski definition) is 1. The third-order valence-corrected chi connectivity index (χ3v) is 3.37. The molecule has 0 aliphatic rings. The maximum Gasteiger partial charge on any atom is 0.270 e. The smallest absolute Gasteiger partial charge is 0.270 e. The molecule has 2 aromatic rings. The topological polar surface area (TPSA) is 72.2 Å². The highest BCUT2D eigenvalue weighted by molar-refractivity contribution is 14.1. The number of nitro benzene ring substituents is 1. The van der Waals surface area contributed by atoms with Crippen LogP contribution in [0.1, 0.15) is 5.56 Å². The van der Waals surface area contributed by atoms with Crippen molar-refractivity contribution in [1.29, 1.82) is 0 Å². The molecule has 0 spiro atoms. The zero-order chi connectivity index (χ0) is 16.1. The molecule has 0 fully saturated rings. The van der Waals surface area contributed by atoms with Crippen molar-refractivity contribution in [3.05, 3.63) is 73.6 Å². The number of nitrogens with one attached hydrogen (secondary N) is 1. The predicted octanol–water partition coefficient (Wildman–Crippen LogP) is 3.99. The van der Waals surface area contributed by atoms with Gasteiger partial charge in [0.2, 0.25) is 5.91 Å². The molecule has 1 amide bonds. The molecule has 7 heteroatoms. The highest BCUT2D eigenvalue weighted by atomic mass is 127. The van der Waals surface area contributed by atoms with E-state index in [0.29, 0.717) is 5.56 Å². The summed E-state index contributed by atoms with van der Waals surface area (Å²) in [6.45, 7) is 0. The van der Waals surface area contributed by atoms with Crippen LogP contribution >= 0.6 is 22.6 Å². The molecule has 0 saturated heterocycles. The van der Waals surface area contributed by atoms with E-state index in [-0.39, 0.29) is 11.4 Å². The molecule has 0 aromatic heterocycles. The average molecular weight is 412 g/mol. The summed E-state index contributed by atoms with van der Waals surface area (Å²) in [5.74, 6) is -1.05. The molecule has 0 heterocycles. The molecule has 2 rings (SSSR count). The zero-order valence-corrected chi connectivity index (χ0v) is 13.3. The first kappa shape index (κ1) is 16.1. The number of halogens is 2. The van der Waals surface area contributed by atoms with E-state index in [4.69, 9.17) is 0 Å². The number of nitrogens with zero attached hydrogens (tertiary/aromatic N) is 1. The number of non-ortho nitro benzene ring substituents is 1. The first-order valence-corrected chi connectivity index (χ1v) is 7.22. The molecule has 22 heavy (non-hydrogen) atoms. The van der Waals surface area contributed by atoms with Gasteiger partial charge in [-0.25, -0.2) is 4.39 Å². The van der Waals surface area contributed by atoms with Crippen LogP contribution in [0.25, 0.3) is 6.08 Å². The second-order valence-corrected chi connectivity index (χ2v) is 5.54. The van der Waals surface area contributed by atoms with Gasteiger partial charge in [0.1, 0.15) is 5.82 Å². The number of carbonyl (C=O) groups excluding carboxylic acids is 1. The van der Waals surface area contributed by atoms with Crippen molar-refractivity contribution in [3.8, 4) is 0 Å². The van der Waals surface area contributed by atoms with Gasteiger partial charge in [-0.3, -0.25) is 14.9 Å². The van der Waals surface area contributed by atoms with Gasteiger partial charge in [-0.05, 0) is 52.4 Å². The van der Waals surface area contributed by atoms with Gasteiger partial charge in [0, 0.05) is 21.8 Å². The van der Waals surface area contributed by atoms with Crippen molar-refractivity contribution >= 4 is 45.9 Å². The van der Waals surface area contributed by atoms with E-state index in [2.05, 4.69) is 5.32 Å². The Kier molecular flexibility index (Phi) is 5.21. The lowest BCUT2D eigenvalue weighted by Gasteiger charge is -2.04. The van der Waals surface area contributed by atoms with Crippen molar-refractivity contribution in [1.82, 2.24) is 0 Å². The summed E-state index contributed by atoms with van der Waals surface area (Å²) in [6.07, 6.45) is 2.61. The second-order valence-electron chi connectivity index (χ2n) is 4.30. The fourth-order valence-corrected chi connectivity index (χ4v) is 2.13. The Bertz CT molecular complexity index is 762. The molecule has 0 saturated carbocycles. The molecule has 0 unspecified atom stereocenters. The Balaban J connectivity index is 2.08. The Hall–Kier alpha value is -2.29. The van der Waals surface area contributed by atoms with Crippen LogP contribution in [-0.2, 0) is 4.79 Å².